The van der Waals surface area contributed by atoms with Crippen molar-refractivity contribution in [2.24, 2.45) is 7.05 Å². The Morgan fingerprint density at radius 2 is 2.00 bits per heavy atom. The lowest BCUT2D eigenvalue weighted by Gasteiger charge is -2.22. The van der Waals surface area contributed by atoms with Crippen LogP contribution >= 0.6 is 0 Å². The van der Waals surface area contributed by atoms with Crippen LogP contribution in [0.15, 0.2) is 27.9 Å². The predicted molar refractivity (Wildman–Crippen MR) is 117 cm³/mol. The molecule has 11 nitrogen and oxygen atoms in total. The lowest BCUT2D eigenvalue weighted by Crippen LogP contribution is -2.45. The molecule has 0 saturated carbocycles. The molecular weight excluding hydrogens is 432 g/mol. The number of alkyl carbamates (subject to hydrolysis) is 1. The maximum Gasteiger partial charge on any atom is 0.408 e. The molecule has 0 spiro atoms. The first-order valence-corrected chi connectivity index (χ1v) is 10.5. The molecule has 0 unspecified atom stereocenters. The molecule has 1 amide bonds. The molecule has 0 aliphatic carbocycles. The van der Waals surface area contributed by atoms with Crippen molar-refractivity contribution in [2.75, 3.05) is 13.7 Å². The Balaban J connectivity index is 1.86. The number of methoxy groups -OCH3 is 1. The SMILES string of the molecule is COC(=O)[C@H](Cc1ccc(-n2c(=O)c3c(n(C)c2=O)CCOC3)nc1)NC(=O)OC(C)(C)C. The first-order valence-electron chi connectivity index (χ1n) is 10.5. The number of ether oxygens (including phenoxy) is 3. The van der Waals surface area contributed by atoms with Crippen molar-refractivity contribution in [2.45, 2.75) is 51.9 Å². The average molecular weight is 460 g/mol. The number of nitrogens with one attached hydrogen (secondary N) is 1. The second-order valence-corrected chi connectivity index (χ2v) is 8.66. The smallest absolute Gasteiger partial charge is 0.408 e. The van der Waals surface area contributed by atoms with Gasteiger partial charge in [0.1, 0.15) is 17.5 Å². The van der Waals surface area contributed by atoms with Crippen molar-refractivity contribution in [1.29, 1.82) is 0 Å². The van der Waals surface area contributed by atoms with Gasteiger partial charge in [0, 0.05) is 31.8 Å². The third-order valence-electron chi connectivity index (χ3n) is 5.08. The first kappa shape index (κ1) is 24.2. The van der Waals surface area contributed by atoms with Gasteiger partial charge in [-0.15, -0.1) is 0 Å². The number of esters is 1. The average Bonchev–Trinajstić information content (AvgIpc) is 2.76. The standard InChI is InChI=1S/C22H28N4O7/c1-22(2,3)33-20(29)24-15(19(28)31-5)10-13-6-7-17(23-11-13)26-18(27)14-12-32-9-8-16(14)25(4)21(26)30/h6-7,11,15H,8-10,12H2,1-5H3,(H,24,29)/t15-/m0/s1. The zero-order valence-corrected chi connectivity index (χ0v) is 19.3. The zero-order valence-electron chi connectivity index (χ0n) is 19.3. The molecule has 2 aromatic heterocycles. The predicted octanol–water partition coefficient (Wildman–Crippen LogP) is 0.613. The fourth-order valence-corrected chi connectivity index (χ4v) is 3.51. The van der Waals surface area contributed by atoms with Crippen LogP contribution in [-0.2, 0) is 45.5 Å². The van der Waals surface area contributed by atoms with E-state index in [1.165, 1.54) is 23.9 Å². The van der Waals surface area contributed by atoms with E-state index in [4.69, 9.17) is 14.2 Å². The molecule has 1 atom stereocenters. The zero-order chi connectivity index (χ0) is 24.3. The topological polar surface area (TPSA) is 131 Å². The van der Waals surface area contributed by atoms with Gasteiger partial charge in [-0.25, -0.2) is 23.9 Å². The number of carbonyl (C=O) groups is 2. The van der Waals surface area contributed by atoms with Crippen LogP contribution in [0.25, 0.3) is 5.82 Å². The van der Waals surface area contributed by atoms with Crippen molar-refractivity contribution in [3.63, 3.8) is 0 Å². The van der Waals surface area contributed by atoms with Gasteiger partial charge in [-0.2, -0.15) is 0 Å². The number of hydrogen-bond donors (Lipinski definition) is 1. The Morgan fingerprint density at radius 3 is 2.61 bits per heavy atom. The summed E-state index contributed by atoms with van der Waals surface area (Å²) in [5, 5.41) is 2.49. The Labute approximate surface area is 190 Å². The van der Waals surface area contributed by atoms with Gasteiger partial charge in [0.15, 0.2) is 0 Å². The lowest BCUT2D eigenvalue weighted by molar-refractivity contribution is -0.143. The number of aromatic nitrogens is 3. The van der Waals surface area contributed by atoms with E-state index in [1.54, 1.807) is 33.9 Å². The summed E-state index contributed by atoms with van der Waals surface area (Å²) in [5.74, 6) is -0.503. The van der Waals surface area contributed by atoms with Crippen molar-refractivity contribution >= 4 is 12.1 Å². The molecule has 1 aliphatic heterocycles. The number of rotatable bonds is 5. The molecule has 0 saturated heterocycles. The normalized spacial score (nSPS) is 14.2. The van der Waals surface area contributed by atoms with Crippen molar-refractivity contribution in [3.05, 3.63) is 56.0 Å². The summed E-state index contributed by atoms with van der Waals surface area (Å²) in [6.07, 6.45) is 1.24. The summed E-state index contributed by atoms with van der Waals surface area (Å²) >= 11 is 0. The van der Waals surface area contributed by atoms with Gasteiger partial charge in [0.25, 0.3) is 5.56 Å². The van der Waals surface area contributed by atoms with Crippen LogP contribution in [0.4, 0.5) is 4.79 Å². The summed E-state index contributed by atoms with van der Waals surface area (Å²) < 4.78 is 17.8. The number of fused-ring (bicyclic) bond motifs is 1. The molecule has 0 aromatic carbocycles. The van der Waals surface area contributed by atoms with E-state index in [1.807, 2.05) is 0 Å². The fourth-order valence-electron chi connectivity index (χ4n) is 3.51. The van der Waals surface area contributed by atoms with E-state index in [9.17, 15) is 19.2 Å². The maximum absolute atomic E-state index is 12.9. The summed E-state index contributed by atoms with van der Waals surface area (Å²) in [6.45, 7) is 5.72. The van der Waals surface area contributed by atoms with Crippen LogP contribution in [0.3, 0.4) is 0 Å². The number of carbonyl (C=O) groups excluding carboxylic acids is 2. The minimum Gasteiger partial charge on any atom is -0.467 e. The molecule has 3 rings (SSSR count). The van der Waals surface area contributed by atoms with Crippen molar-refractivity contribution < 1.29 is 23.8 Å². The molecular formula is C22H28N4O7. The lowest BCUT2D eigenvalue weighted by atomic mass is 10.1. The van der Waals surface area contributed by atoms with Crippen LogP contribution in [0, 0.1) is 0 Å². The molecule has 33 heavy (non-hydrogen) atoms. The molecule has 2 aromatic rings. The number of amides is 1. The number of hydrogen-bond acceptors (Lipinski definition) is 8. The van der Waals surface area contributed by atoms with Crippen molar-refractivity contribution in [3.8, 4) is 5.82 Å². The maximum atomic E-state index is 12.9. The van der Waals surface area contributed by atoms with E-state index < -0.39 is 35.0 Å². The van der Waals surface area contributed by atoms with Gasteiger partial charge in [-0.05, 0) is 32.4 Å². The second kappa shape index (κ2) is 9.57. The van der Waals surface area contributed by atoms with Crippen LogP contribution in [0.5, 0.6) is 0 Å². The molecule has 0 fully saturated rings. The highest BCUT2D eigenvalue weighted by Crippen LogP contribution is 2.13. The summed E-state index contributed by atoms with van der Waals surface area (Å²) in [5.41, 5.74) is -0.0176. The highest BCUT2D eigenvalue weighted by Gasteiger charge is 2.26. The van der Waals surface area contributed by atoms with E-state index >= 15 is 0 Å². The third kappa shape index (κ3) is 5.48. The quantitative estimate of drug-likeness (QED) is 0.643. The van der Waals surface area contributed by atoms with Crippen LogP contribution < -0.4 is 16.6 Å². The fraction of sp³-hybridized carbons (Fsp3) is 0.500. The van der Waals surface area contributed by atoms with Crippen LogP contribution in [-0.4, -0.2) is 51.5 Å². The summed E-state index contributed by atoms with van der Waals surface area (Å²) in [7, 11) is 2.83. The van der Waals surface area contributed by atoms with Crippen molar-refractivity contribution in [1.82, 2.24) is 19.4 Å². The van der Waals surface area contributed by atoms with E-state index in [2.05, 4.69) is 10.3 Å². The summed E-state index contributed by atoms with van der Waals surface area (Å²) in [4.78, 5) is 54.2. The molecule has 178 valence electrons. The van der Waals surface area contributed by atoms with Gasteiger partial charge in [0.2, 0.25) is 0 Å². The number of nitrogens with zero attached hydrogens (tertiary/aromatic N) is 3. The molecule has 3 heterocycles. The Morgan fingerprint density at radius 1 is 1.27 bits per heavy atom. The van der Waals surface area contributed by atoms with Crippen LogP contribution in [0.2, 0.25) is 0 Å². The first-order chi connectivity index (χ1) is 15.5. The monoisotopic (exact) mass is 460 g/mol. The highest BCUT2D eigenvalue weighted by molar-refractivity contribution is 5.81. The van der Waals surface area contributed by atoms with Gasteiger partial charge in [0.05, 0.1) is 25.9 Å². The molecule has 1 N–H and O–H groups in total. The third-order valence-corrected chi connectivity index (χ3v) is 5.08. The summed E-state index contributed by atoms with van der Waals surface area (Å²) in [6, 6.07) is 2.13. The Bertz CT molecular complexity index is 1160. The van der Waals surface area contributed by atoms with E-state index in [0.29, 0.717) is 29.8 Å². The highest BCUT2D eigenvalue weighted by atomic mass is 16.6. The minimum atomic E-state index is -1.01. The van der Waals surface area contributed by atoms with Gasteiger partial charge in [-0.1, -0.05) is 6.07 Å². The largest absolute Gasteiger partial charge is 0.467 e. The van der Waals surface area contributed by atoms with Gasteiger partial charge in [-0.3, -0.25) is 9.36 Å². The molecule has 1 aliphatic rings. The van der Waals surface area contributed by atoms with Crippen LogP contribution in [0.1, 0.15) is 37.6 Å². The Kier molecular flexibility index (Phi) is 7.01. The van der Waals surface area contributed by atoms with Gasteiger partial charge >= 0.3 is 17.8 Å². The second-order valence-electron chi connectivity index (χ2n) is 8.66. The van der Waals surface area contributed by atoms with E-state index in [0.717, 1.165) is 4.57 Å². The van der Waals surface area contributed by atoms with E-state index in [-0.39, 0.29) is 18.8 Å². The molecule has 0 radical (unpaired) electrons. The van der Waals surface area contributed by atoms with Gasteiger partial charge < -0.3 is 19.5 Å². The Hall–Kier alpha value is -3.47. The molecule has 11 heteroatoms. The molecule has 0 bridgehead atoms. The number of pyridine rings is 1. The minimum absolute atomic E-state index is 0.0735.